The van der Waals surface area contributed by atoms with Crippen molar-refractivity contribution in [3.8, 4) is 22.1 Å². The highest BCUT2D eigenvalue weighted by Crippen LogP contribution is 2.58. The monoisotopic (exact) mass is 651 g/mol. The molecule has 2 aromatic heterocycles. The van der Waals surface area contributed by atoms with Gasteiger partial charge in [-0.2, -0.15) is 5.10 Å². The Bertz CT molecular complexity index is 1830. The molecule has 2 amide bonds. The Morgan fingerprint density at radius 1 is 1.27 bits per heavy atom. The van der Waals surface area contributed by atoms with Crippen LogP contribution < -0.4 is 9.64 Å². The summed E-state index contributed by atoms with van der Waals surface area (Å²) in [6, 6.07) is 11.1. The molecule has 1 aliphatic heterocycles. The fourth-order valence-electron chi connectivity index (χ4n) is 6.38. The van der Waals surface area contributed by atoms with Gasteiger partial charge in [-0.3, -0.25) is 14.3 Å². The number of hydrogen-bond acceptors (Lipinski definition) is 6. The van der Waals surface area contributed by atoms with Crippen LogP contribution in [0.15, 0.2) is 65.2 Å². The zero-order valence-corrected chi connectivity index (χ0v) is 26.0. The first-order valence-electron chi connectivity index (χ1n) is 13.0. The van der Waals surface area contributed by atoms with Crippen molar-refractivity contribution in [2.24, 2.45) is 18.4 Å². The Hall–Kier alpha value is -3.40. The first-order chi connectivity index (χ1) is 19.5. The van der Waals surface area contributed by atoms with Crippen LogP contribution in [0.1, 0.15) is 30.4 Å². The smallest absolute Gasteiger partial charge is 0.242 e. The molecule has 0 saturated carbocycles. The lowest BCUT2D eigenvalue weighted by Gasteiger charge is -2.40. The predicted octanol–water partition coefficient (Wildman–Crippen LogP) is 7.54. The van der Waals surface area contributed by atoms with Crippen molar-refractivity contribution in [3.63, 3.8) is 0 Å². The third-order valence-electron chi connectivity index (χ3n) is 8.48. The van der Waals surface area contributed by atoms with Crippen molar-refractivity contribution < 1.29 is 19.4 Å². The average Bonchev–Trinajstić information content (AvgIpc) is 3.54. The zero-order valence-electron chi connectivity index (χ0n) is 22.9. The Morgan fingerprint density at radius 3 is 2.73 bits per heavy atom. The number of phenolic OH excluding ortho intramolecular Hbond substituents is 1. The molecule has 3 atom stereocenters. The number of amides is 2. The fourth-order valence-corrected chi connectivity index (χ4v) is 8.16. The highest BCUT2D eigenvalue weighted by atomic mass is 79.9. The SMILES string of the molecule is C=CC1=CC[C@H]2C(=O)N(c3cc(-c4sc5ccc(Cl)cc5c4C)nn3C)C(=O)[C@@]2(C)[C@H]1c1cc(Br)c(O)c(OC)c1. The summed E-state index contributed by atoms with van der Waals surface area (Å²) >= 11 is 11.3. The highest BCUT2D eigenvalue weighted by Gasteiger charge is 2.62. The van der Waals surface area contributed by atoms with E-state index in [1.54, 1.807) is 41.3 Å². The number of aryl methyl sites for hydroxylation is 2. The Morgan fingerprint density at radius 2 is 2.02 bits per heavy atom. The molecule has 1 N–H and O–H groups in total. The molecule has 2 aromatic carbocycles. The molecule has 6 rings (SSSR count). The van der Waals surface area contributed by atoms with Gasteiger partial charge in [0.2, 0.25) is 11.8 Å². The second-order valence-corrected chi connectivity index (χ2v) is 13.0. The quantitative estimate of drug-likeness (QED) is 0.225. The van der Waals surface area contributed by atoms with Crippen molar-refractivity contribution in [2.75, 3.05) is 12.0 Å². The number of thiophene rings is 1. The number of imide groups is 1. The number of benzene rings is 2. The van der Waals surface area contributed by atoms with Gasteiger partial charge in [-0.05, 0) is 88.6 Å². The molecule has 0 radical (unpaired) electrons. The van der Waals surface area contributed by atoms with Gasteiger partial charge in [0.1, 0.15) is 11.5 Å². The Labute approximate surface area is 254 Å². The van der Waals surface area contributed by atoms with E-state index in [-0.39, 0.29) is 23.3 Å². The molecule has 1 aliphatic carbocycles. The molecular formula is C31H27BrClN3O4S. The first-order valence-corrected chi connectivity index (χ1v) is 15.0. The average molecular weight is 653 g/mol. The number of fused-ring (bicyclic) bond motifs is 2. The molecule has 2 aliphatic rings. The van der Waals surface area contributed by atoms with E-state index in [1.807, 2.05) is 44.2 Å². The van der Waals surface area contributed by atoms with E-state index in [4.69, 9.17) is 21.4 Å². The molecular weight excluding hydrogens is 626 g/mol. The van der Waals surface area contributed by atoms with Gasteiger partial charge in [0.15, 0.2) is 11.5 Å². The number of aromatic hydroxyl groups is 1. The third-order valence-corrected chi connectivity index (χ3v) is 10.6. The number of allylic oxidation sites excluding steroid dienone is 3. The van der Waals surface area contributed by atoms with Crippen LogP contribution in [0.25, 0.3) is 20.7 Å². The molecule has 210 valence electrons. The van der Waals surface area contributed by atoms with E-state index in [2.05, 4.69) is 22.5 Å². The number of nitrogens with zero attached hydrogens (tertiary/aromatic N) is 3. The van der Waals surface area contributed by atoms with Crippen molar-refractivity contribution in [2.45, 2.75) is 26.2 Å². The van der Waals surface area contributed by atoms with Crippen LogP contribution in [0.5, 0.6) is 11.5 Å². The number of hydrogen-bond donors (Lipinski definition) is 1. The van der Waals surface area contributed by atoms with Gasteiger partial charge in [0.05, 0.1) is 27.8 Å². The molecule has 4 aromatic rings. The molecule has 1 fully saturated rings. The second-order valence-electron chi connectivity index (χ2n) is 10.7. The van der Waals surface area contributed by atoms with Crippen LogP contribution in [-0.2, 0) is 16.6 Å². The number of carbonyl (C=O) groups is 2. The number of halogens is 2. The number of ether oxygens (including phenoxy) is 1. The van der Waals surface area contributed by atoms with Gasteiger partial charge in [-0.1, -0.05) is 30.3 Å². The molecule has 1 saturated heterocycles. The van der Waals surface area contributed by atoms with E-state index in [0.29, 0.717) is 27.4 Å². The summed E-state index contributed by atoms with van der Waals surface area (Å²) in [5.74, 6) is -0.988. The summed E-state index contributed by atoms with van der Waals surface area (Å²) in [7, 11) is 3.22. The lowest BCUT2D eigenvalue weighted by molar-refractivity contribution is -0.127. The standard InChI is InChI=1S/C31H27BrClN3O4S/c1-6-16-7-9-20-29(38)36(30(39)31(20,3)26(16)17-11-21(32)27(37)23(12-17)40-5)25-14-22(34-35(25)4)28-15(2)19-13-18(33)8-10-24(19)41-28/h6-8,10-14,20,26,37H,1,9H2,2-5H3/t20-,26+,31+/m0/s1. The summed E-state index contributed by atoms with van der Waals surface area (Å²) in [6.07, 6.45) is 4.12. The lowest BCUT2D eigenvalue weighted by atomic mass is 9.60. The van der Waals surface area contributed by atoms with E-state index >= 15 is 0 Å². The Kier molecular flexibility index (Phi) is 6.67. The number of carbonyl (C=O) groups excluding carboxylic acids is 2. The minimum Gasteiger partial charge on any atom is -0.503 e. The van der Waals surface area contributed by atoms with Crippen LogP contribution in [0, 0.1) is 18.3 Å². The van der Waals surface area contributed by atoms with Gasteiger partial charge in [0, 0.05) is 28.8 Å². The van der Waals surface area contributed by atoms with Gasteiger partial charge >= 0.3 is 0 Å². The molecule has 10 heteroatoms. The maximum absolute atomic E-state index is 14.5. The molecule has 0 spiro atoms. The van der Waals surface area contributed by atoms with Gasteiger partial charge in [-0.15, -0.1) is 11.3 Å². The fraction of sp³-hybridized carbons (Fsp3) is 0.258. The molecule has 7 nitrogen and oxygen atoms in total. The highest BCUT2D eigenvalue weighted by molar-refractivity contribution is 9.10. The van der Waals surface area contributed by atoms with Crippen molar-refractivity contribution in [1.82, 2.24) is 9.78 Å². The third kappa shape index (κ3) is 4.00. The topological polar surface area (TPSA) is 84.7 Å². The number of phenols is 1. The summed E-state index contributed by atoms with van der Waals surface area (Å²) in [6.45, 7) is 7.88. The maximum atomic E-state index is 14.5. The predicted molar refractivity (Wildman–Crippen MR) is 166 cm³/mol. The number of anilines is 1. The first kappa shape index (κ1) is 27.8. The van der Waals surface area contributed by atoms with E-state index in [9.17, 15) is 14.7 Å². The van der Waals surface area contributed by atoms with Crippen molar-refractivity contribution in [3.05, 3.63) is 81.3 Å². The van der Waals surface area contributed by atoms with Crippen LogP contribution in [-0.4, -0.2) is 33.8 Å². The normalized spacial score (nSPS) is 22.3. The van der Waals surface area contributed by atoms with Crippen LogP contribution in [0.3, 0.4) is 0 Å². The van der Waals surface area contributed by atoms with Crippen LogP contribution in [0.2, 0.25) is 5.02 Å². The van der Waals surface area contributed by atoms with Crippen LogP contribution in [0.4, 0.5) is 5.82 Å². The summed E-state index contributed by atoms with van der Waals surface area (Å²) in [5.41, 5.74) is 2.20. The molecule has 3 heterocycles. The lowest BCUT2D eigenvalue weighted by Crippen LogP contribution is -2.42. The summed E-state index contributed by atoms with van der Waals surface area (Å²) in [5, 5.41) is 16.9. The second kappa shape index (κ2) is 9.86. The number of rotatable bonds is 5. The van der Waals surface area contributed by atoms with Crippen LogP contribution >= 0.6 is 38.9 Å². The molecule has 0 bridgehead atoms. The van der Waals surface area contributed by atoms with Gasteiger partial charge in [0.25, 0.3) is 0 Å². The maximum Gasteiger partial charge on any atom is 0.242 e. The molecule has 41 heavy (non-hydrogen) atoms. The van der Waals surface area contributed by atoms with Gasteiger partial charge in [-0.25, -0.2) is 4.90 Å². The number of aromatic nitrogens is 2. The molecule has 0 unspecified atom stereocenters. The van der Waals surface area contributed by atoms with Crippen molar-refractivity contribution in [1.29, 1.82) is 0 Å². The Balaban J connectivity index is 1.46. The minimum absolute atomic E-state index is 0.0328. The summed E-state index contributed by atoms with van der Waals surface area (Å²) < 4.78 is 8.52. The summed E-state index contributed by atoms with van der Waals surface area (Å²) in [4.78, 5) is 30.8. The van der Waals surface area contributed by atoms with Crippen molar-refractivity contribution >= 4 is 66.6 Å². The zero-order chi connectivity index (χ0) is 29.4. The van der Waals surface area contributed by atoms with E-state index < -0.39 is 17.3 Å². The minimum atomic E-state index is -1.11. The van der Waals surface area contributed by atoms with E-state index in [1.165, 1.54) is 12.0 Å². The number of methoxy groups -OCH3 is 1. The van der Waals surface area contributed by atoms with E-state index in [0.717, 1.165) is 31.7 Å². The largest absolute Gasteiger partial charge is 0.503 e. The van der Waals surface area contributed by atoms with Gasteiger partial charge < -0.3 is 9.84 Å².